The van der Waals surface area contributed by atoms with Crippen molar-refractivity contribution in [1.82, 2.24) is 20.1 Å². The number of aliphatic hydroxyl groups excluding tert-OH is 1. The fourth-order valence-electron chi connectivity index (χ4n) is 4.30. The number of β-amino-alcohol motifs (C(OH)–C–C–N with tert-alkyl or cyclic N) is 1. The number of hydrogen-bond donors (Lipinski definition) is 2. The van der Waals surface area contributed by atoms with Crippen molar-refractivity contribution in [3.63, 3.8) is 0 Å². The second-order valence-corrected chi connectivity index (χ2v) is 10.4. The van der Waals surface area contributed by atoms with Crippen LogP contribution in [0.3, 0.4) is 0 Å². The van der Waals surface area contributed by atoms with E-state index in [4.69, 9.17) is 0 Å². The second kappa shape index (κ2) is 11.5. The van der Waals surface area contributed by atoms with Crippen LogP contribution in [0.5, 0.6) is 0 Å². The Kier molecular flexibility index (Phi) is 8.66. The number of nitriles is 1. The molecule has 2 aromatic rings. The molecule has 0 spiro atoms. The van der Waals surface area contributed by atoms with Crippen LogP contribution >= 0.6 is 0 Å². The molecule has 192 valence electrons. The quantitative estimate of drug-likeness (QED) is 0.542. The number of nitrogens with zero attached hydrogens (tertiary/aromatic N) is 5. The molecule has 1 aromatic carbocycles. The van der Waals surface area contributed by atoms with Crippen LogP contribution < -0.4 is 10.2 Å². The van der Waals surface area contributed by atoms with Gasteiger partial charge in [-0.25, -0.2) is 0 Å². The zero-order valence-corrected chi connectivity index (χ0v) is 21.7. The molecular formula is C27H36N6O3. The molecule has 0 saturated carbocycles. The number of likely N-dealkylation sites (N-methyl/N-ethyl adjacent to an activating group) is 1. The van der Waals surface area contributed by atoms with Gasteiger partial charge in [-0.05, 0) is 43.3 Å². The van der Waals surface area contributed by atoms with Crippen molar-refractivity contribution < 1.29 is 14.7 Å². The molecule has 0 bridgehead atoms. The highest BCUT2D eigenvalue weighted by atomic mass is 16.3. The van der Waals surface area contributed by atoms with E-state index in [1.54, 1.807) is 24.5 Å². The zero-order valence-electron chi connectivity index (χ0n) is 21.7. The summed E-state index contributed by atoms with van der Waals surface area (Å²) in [4.78, 5) is 36.6. The summed E-state index contributed by atoms with van der Waals surface area (Å²) >= 11 is 0. The summed E-state index contributed by atoms with van der Waals surface area (Å²) in [6.45, 7) is 7.43. The average molecular weight is 493 g/mol. The van der Waals surface area contributed by atoms with Crippen LogP contribution in [-0.4, -0.2) is 77.6 Å². The monoisotopic (exact) mass is 492 g/mol. The number of aliphatic hydroxyl groups is 1. The van der Waals surface area contributed by atoms with Gasteiger partial charge in [0, 0.05) is 43.2 Å². The lowest BCUT2D eigenvalue weighted by Gasteiger charge is -2.34. The van der Waals surface area contributed by atoms with Crippen molar-refractivity contribution in [1.29, 1.82) is 5.26 Å². The Balaban J connectivity index is 2.09. The summed E-state index contributed by atoms with van der Waals surface area (Å²) in [5, 5.41) is 22.8. The SMILES string of the molecule is CN(C)CCNC(=O)C(c1cccnc1)N(C(=O)C1CC(O)CN1C#N)c1ccc(C(C)(C)C)cc1. The Labute approximate surface area is 213 Å². The molecule has 1 saturated heterocycles. The van der Waals surface area contributed by atoms with Gasteiger partial charge in [0.15, 0.2) is 6.19 Å². The van der Waals surface area contributed by atoms with Gasteiger partial charge in [-0.15, -0.1) is 0 Å². The minimum Gasteiger partial charge on any atom is -0.391 e. The van der Waals surface area contributed by atoms with Gasteiger partial charge >= 0.3 is 0 Å². The summed E-state index contributed by atoms with van der Waals surface area (Å²) in [5.41, 5.74) is 2.08. The van der Waals surface area contributed by atoms with Crippen LogP contribution in [0.4, 0.5) is 5.69 Å². The highest BCUT2D eigenvalue weighted by Gasteiger charge is 2.42. The Morgan fingerprint density at radius 1 is 1.25 bits per heavy atom. The van der Waals surface area contributed by atoms with Gasteiger partial charge in [-0.3, -0.25) is 24.4 Å². The lowest BCUT2D eigenvalue weighted by Crippen LogP contribution is -2.50. The third-order valence-corrected chi connectivity index (χ3v) is 6.31. The molecule has 0 aliphatic carbocycles. The van der Waals surface area contributed by atoms with E-state index in [1.165, 1.54) is 9.80 Å². The summed E-state index contributed by atoms with van der Waals surface area (Å²) in [5.74, 6) is -0.770. The number of aromatic nitrogens is 1. The molecule has 36 heavy (non-hydrogen) atoms. The number of nitrogens with one attached hydrogen (secondary N) is 1. The molecule has 0 radical (unpaired) electrons. The lowest BCUT2D eigenvalue weighted by atomic mass is 9.87. The summed E-state index contributed by atoms with van der Waals surface area (Å²) in [6, 6.07) is 9.17. The minimum atomic E-state index is -1.01. The molecule has 3 rings (SSSR count). The Morgan fingerprint density at radius 2 is 1.94 bits per heavy atom. The summed E-state index contributed by atoms with van der Waals surface area (Å²) in [7, 11) is 3.83. The normalized spacial score (nSPS) is 18.6. The van der Waals surface area contributed by atoms with Crippen molar-refractivity contribution in [2.24, 2.45) is 0 Å². The standard InChI is InChI=1S/C27H36N6O3/c1-27(2,3)20-8-10-21(11-9-20)33(26(36)23-15-22(34)17-32(23)18-28)24(19-7-6-12-29-16-19)25(35)30-13-14-31(4)5/h6-12,16,22-24,34H,13-15,17H2,1-5H3,(H,30,35). The minimum absolute atomic E-state index is 0.0797. The molecule has 3 unspecified atom stereocenters. The number of carbonyl (C=O) groups excluding carboxylic acids is 2. The number of amides is 2. The van der Waals surface area contributed by atoms with Crippen molar-refractivity contribution >= 4 is 17.5 Å². The van der Waals surface area contributed by atoms with Gasteiger partial charge in [0.2, 0.25) is 5.91 Å². The van der Waals surface area contributed by atoms with Gasteiger partial charge in [0.1, 0.15) is 12.1 Å². The first-order valence-electron chi connectivity index (χ1n) is 12.1. The van der Waals surface area contributed by atoms with Crippen LogP contribution in [0.1, 0.15) is 44.4 Å². The van der Waals surface area contributed by atoms with E-state index < -0.39 is 24.1 Å². The third kappa shape index (κ3) is 6.39. The first-order valence-corrected chi connectivity index (χ1v) is 12.1. The maximum atomic E-state index is 14.1. The number of rotatable bonds is 8. The number of hydrogen-bond acceptors (Lipinski definition) is 7. The number of anilines is 1. The topological polar surface area (TPSA) is 113 Å². The Morgan fingerprint density at radius 3 is 2.50 bits per heavy atom. The van der Waals surface area contributed by atoms with E-state index in [0.29, 0.717) is 24.3 Å². The van der Waals surface area contributed by atoms with Gasteiger partial charge in [0.05, 0.1) is 12.6 Å². The van der Waals surface area contributed by atoms with E-state index in [9.17, 15) is 20.0 Å². The molecule has 3 atom stereocenters. The lowest BCUT2D eigenvalue weighted by molar-refractivity contribution is -0.128. The predicted octanol–water partition coefficient (Wildman–Crippen LogP) is 2.05. The maximum absolute atomic E-state index is 14.1. The van der Waals surface area contributed by atoms with Gasteiger partial charge in [0.25, 0.3) is 5.91 Å². The molecule has 1 aromatic heterocycles. The molecule has 2 amide bonds. The molecule has 9 heteroatoms. The highest BCUT2D eigenvalue weighted by molar-refractivity contribution is 6.04. The highest BCUT2D eigenvalue weighted by Crippen LogP contribution is 2.33. The fourth-order valence-corrected chi connectivity index (χ4v) is 4.30. The third-order valence-electron chi connectivity index (χ3n) is 6.31. The molecule has 9 nitrogen and oxygen atoms in total. The summed E-state index contributed by atoms with van der Waals surface area (Å²) < 4.78 is 0. The van der Waals surface area contributed by atoms with Crippen molar-refractivity contribution in [2.45, 2.75) is 50.8 Å². The largest absolute Gasteiger partial charge is 0.391 e. The zero-order chi connectivity index (χ0) is 26.5. The summed E-state index contributed by atoms with van der Waals surface area (Å²) in [6.07, 6.45) is 4.53. The maximum Gasteiger partial charge on any atom is 0.251 e. The molecule has 2 N–H and O–H groups in total. The van der Waals surface area contributed by atoms with Crippen LogP contribution in [0.25, 0.3) is 0 Å². The van der Waals surface area contributed by atoms with Gasteiger partial charge in [-0.2, -0.15) is 5.26 Å². The predicted molar refractivity (Wildman–Crippen MR) is 138 cm³/mol. The first-order chi connectivity index (χ1) is 17.0. The van der Waals surface area contributed by atoms with Crippen molar-refractivity contribution in [2.75, 3.05) is 38.6 Å². The van der Waals surface area contributed by atoms with Crippen LogP contribution in [0.15, 0.2) is 48.8 Å². The smallest absolute Gasteiger partial charge is 0.251 e. The number of carbonyl (C=O) groups is 2. The molecular weight excluding hydrogens is 456 g/mol. The Bertz CT molecular complexity index is 1080. The fraction of sp³-hybridized carbons (Fsp3) is 0.481. The molecule has 1 fully saturated rings. The van der Waals surface area contributed by atoms with Gasteiger partial charge in [-0.1, -0.05) is 39.0 Å². The molecule has 1 aliphatic rings. The number of likely N-dealkylation sites (tertiary alicyclic amines) is 1. The van der Waals surface area contributed by atoms with Crippen molar-refractivity contribution in [3.05, 3.63) is 59.9 Å². The number of benzene rings is 1. The Hall–Kier alpha value is -3.48. The average Bonchev–Trinajstić information content (AvgIpc) is 3.22. The second-order valence-electron chi connectivity index (χ2n) is 10.4. The van der Waals surface area contributed by atoms with E-state index in [2.05, 4.69) is 31.1 Å². The van der Waals surface area contributed by atoms with Crippen LogP contribution in [0, 0.1) is 11.5 Å². The van der Waals surface area contributed by atoms with Crippen molar-refractivity contribution in [3.8, 4) is 6.19 Å². The van der Waals surface area contributed by atoms with Crippen LogP contribution in [-0.2, 0) is 15.0 Å². The number of pyridine rings is 1. The molecule has 2 heterocycles. The first kappa shape index (κ1) is 27.1. The van der Waals surface area contributed by atoms with Crippen LogP contribution in [0.2, 0.25) is 0 Å². The van der Waals surface area contributed by atoms with E-state index in [-0.39, 0.29) is 24.3 Å². The van der Waals surface area contributed by atoms with E-state index >= 15 is 0 Å². The van der Waals surface area contributed by atoms with E-state index in [1.807, 2.05) is 49.5 Å². The van der Waals surface area contributed by atoms with E-state index in [0.717, 1.165) is 5.56 Å². The molecule has 1 aliphatic heterocycles. The van der Waals surface area contributed by atoms with Gasteiger partial charge < -0.3 is 15.3 Å².